The van der Waals surface area contributed by atoms with Gasteiger partial charge < -0.3 is 10.6 Å². The summed E-state index contributed by atoms with van der Waals surface area (Å²) in [5.74, 6) is 0.532. The molecule has 18 heavy (non-hydrogen) atoms. The highest BCUT2D eigenvalue weighted by Crippen LogP contribution is 2.30. The van der Waals surface area contributed by atoms with Crippen molar-refractivity contribution < 1.29 is 4.92 Å². The summed E-state index contributed by atoms with van der Waals surface area (Å²) in [6.45, 7) is 2.66. The van der Waals surface area contributed by atoms with Crippen LogP contribution in [0.4, 0.5) is 11.4 Å². The van der Waals surface area contributed by atoms with Crippen LogP contribution >= 0.6 is 22.6 Å². The minimum atomic E-state index is -0.356. The predicted molar refractivity (Wildman–Crippen MR) is 79.8 cm³/mol. The second-order valence-corrected chi connectivity index (χ2v) is 5.74. The molecule has 5 nitrogen and oxygen atoms in total. The lowest BCUT2D eigenvalue weighted by molar-refractivity contribution is -0.384. The second-order valence-electron chi connectivity index (χ2n) is 4.58. The average molecular weight is 361 g/mol. The number of benzene rings is 1. The van der Waals surface area contributed by atoms with E-state index in [0.717, 1.165) is 28.8 Å². The molecule has 2 N–H and O–H groups in total. The molecule has 0 spiro atoms. The van der Waals surface area contributed by atoms with Gasteiger partial charge >= 0.3 is 0 Å². The Kier molecular flexibility index (Phi) is 4.39. The third-order valence-corrected chi connectivity index (χ3v) is 4.20. The lowest BCUT2D eigenvalue weighted by Crippen LogP contribution is -2.38. The summed E-state index contributed by atoms with van der Waals surface area (Å²) in [5, 5.41) is 10.7. The molecule has 0 radical (unpaired) electrons. The first-order valence-electron chi connectivity index (χ1n) is 6.00. The molecule has 1 aliphatic heterocycles. The van der Waals surface area contributed by atoms with Gasteiger partial charge in [0.1, 0.15) is 0 Å². The van der Waals surface area contributed by atoms with E-state index in [4.69, 9.17) is 5.73 Å². The summed E-state index contributed by atoms with van der Waals surface area (Å²) in [6.07, 6.45) is 2.31. The molecule has 0 aliphatic carbocycles. The lowest BCUT2D eigenvalue weighted by atomic mass is 9.98. The van der Waals surface area contributed by atoms with Crippen LogP contribution in [0, 0.1) is 19.6 Å². The Morgan fingerprint density at radius 3 is 2.94 bits per heavy atom. The number of nitrogens with zero attached hydrogens (tertiary/aromatic N) is 2. The van der Waals surface area contributed by atoms with Gasteiger partial charge in [-0.2, -0.15) is 0 Å². The zero-order chi connectivity index (χ0) is 13.1. The fourth-order valence-electron chi connectivity index (χ4n) is 2.34. The second kappa shape index (κ2) is 5.83. The van der Waals surface area contributed by atoms with Gasteiger partial charge in [0.2, 0.25) is 0 Å². The summed E-state index contributed by atoms with van der Waals surface area (Å²) in [7, 11) is 0. The molecule has 1 fully saturated rings. The van der Waals surface area contributed by atoms with Gasteiger partial charge in [0, 0.05) is 28.8 Å². The van der Waals surface area contributed by atoms with E-state index in [0.29, 0.717) is 12.5 Å². The van der Waals surface area contributed by atoms with E-state index in [1.807, 2.05) is 6.07 Å². The Balaban J connectivity index is 2.20. The Morgan fingerprint density at radius 2 is 2.33 bits per heavy atom. The largest absolute Gasteiger partial charge is 0.370 e. The van der Waals surface area contributed by atoms with E-state index in [9.17, 15) is 10.1 Å². The highest BCUT2D eigenvalue weighted by molar-refractivity contribution is 14.1. The van der Waals surface area contributed by atoms with Crippen molar-refractivity contribution in [2.75, 3.05) is 24.5 Å². The van der Waals surface area contributed by atoms with E-state index in [1.165, 1.54) is 6.42 Å². The van der Waals surface area contributed by atoms with Crippen molar-refractivity contribution in [3.63, 3.8) is 0 Å². The fraction of sp³-hybridized carbons (Fsp3) is 0.500. The number of anilines is 1. The van der Waals surface area contributed by atoms with Crippen molar-refractivity contribution >= 4 is 34.0 Å². The van der Waals surface area contributed by atoms with Crippen LogP contribution in [-0.4, -0.2) is 24.6 Å². The zero-order valence-electron chi connectivity index (χ0n) is 10.0. The van der Waals surface area contributed by atoms with Crippen LogP contribution in [0.25, 0.3) is 0 Å². The number of hydrogen-bond donors (Lipinski definition) is 1. The maximum absolute atomic E-state index is 10.7. The molecular formula is C12H16IN3O2. The van der Waals surface area contributed by atoms with Gasteiger partial charge in [-0.25, -0.2) is 0 Å². The number of piperidine rings is 1. The van der Waals surface area contributed by atoms with Crippen molar-refractivity contribution in [3.05, 3.63) is 31.9 Å². The molecule has 0 bridgehead atoms. The first-order valence-corrected chi connectivity index (χ1v) is 7.08. The normalized spacial score (nSPS) is 19.9. The minimum absolute atomic E-state index is 0.149. The van der Waals surface area contributed by atoms with Gasteiger partial charge in [0.05, 0.1) is 10.6 Å². The molecule has 1 aromatic rings. The molecule has 1 heterocycles. The van der Waals surface area contributed by atoms with Crippen LogP contribution in [-0.2, 0) is 0 Å². The number of rotatable bonds is 3. The van der Waals surface area contributed by atoms with Crippen LogP contribution in [0.3, 0.4) is 0 Å². The highest BCUT2D eigenvalue weighted by Gasteiger charge is 2.21. The van der Waals surface area contributed by atoms with E-state index in [1.54, 1.807) is 12.1 Å². The van der Waals surface area contributed by atoms with Crippen LogP contribution in [0.2, 0.25) is 0 Å². The quantitative estimate of drug-likeness (QED) is 0.510. The Hall–Kier alpha value is -0.890. The molecule has 1 unspecified atom stereocenters. The van der Waals surface area contributed by atoms with E-state index >= 15 is 0 Å². The number of hydrogen-bond acceptors (Lipinski definition) is 4. The first-order chi connectivity index (χ1) is 8.61. The fourth-order valence-corrected chi connectivity index (χ4v) is 3.18. The summed E-state index contributed by atoms with van der Waals surface area (Å²) >= 11 is 2.16. The molecule has 0 aromatic heterocycles. The number of non-ortho nitro benzene ring substituents is 1. The topological polar surface area (TPSA) is 72.4 Å². The highest BCUT2D eigenvalue weighted by atomic mass is 127. The summed E-state index contributed by atoms with van der Waals surface area (Å²) in [4.78, 5) is 12.6. The van der Waals surface area contributed by atoms with Gasteiger partial charge in [0.15, 0.2) is 0 Å². The van der Waals surface area contributed by atoms with E-state index in [-0.39, 0.29) is 10.6 Å². The lowest BCUT2D eigenvalue weighted by Gasteiger charge is -2.34. The minimum Gasteiger partial charge on any atom is -0.370 e. The maximum Gasteiger partial charge on any atom is 0.270 e. The van der Waals surface area contributed by atoms with Crippen LogP contribution < -0.4 is 10.6 Å². The third kappa shape index (κ3) is 2.92. The Morgan fingerprint density at radius 1 is 1.56 bits per heavy atom. The molecule has 2 rings (SSSR count). The smallest absolute Gasteiger partial charge is 0.270 e. The maximum atomic E-state index is 10.7. The van der Waals surface area contributed by atoms with Gasteiger partial charge in [-0.15, -0.1) is 0 Å². The first kappa shape index (κ1) is 13.5. The van der Waals surface area contributed by atoms with Gasteiger partial charge in [0.25, 0.3) is 5.69 Å². The van der Waals surface area contributed by atoms with Crippen LogP contribution in [0.1, 0.15) is 12.8 Å². The van der Waals surface area contributed by atoms with Crippen molar-refractivity contribution in [2.45, 2.75) is 12.8 Å². The molecule has 98 valence electrons. The molecule has 6 heteroatoms. The molecule has 1 aliphatic rings. The molecule has 0 amide bonds. The molecular weight excluding hydrogens is 345 g/mol. The molecule has 1 aromatic carbocycles. The Bertz CT molecular complexity index is 453. The summed E-state index contributed by atoms with van der Waals surface area (Å²) < 4.78 is 0.930. The van der Waals surface area contributed by atoms with Gasteiger partial charge in [-0.05, 0) is 54.0 Å². The van der Waals surface area contributed by atoms with Crippen LogP contribution in [0.5, 0.6) is 0 Å². The number of nitrogens with two attached hydrogens (primary N) is 1. The number of nitro groups is 1. The van der Waals surface area contributed by atoms with E-state index < -0.39 is 0 Å². The van der Waals surface area contributed by atoms with Crippen LogP contribution in [0.15, 0.2) is 18.2 Å². The molecule has 0 saturated carbocycles. The molecule has 1 atom stereocenters. The standard InChI is InChI=1S/C12H16IN3O2/c13-11-6-10(16(17)18)3-4-12(11)15-5-1-2-9(7-14)8-15/h3-4,6,9H,1-2,5,7-8,14H2. The van der Waals surface area contributed by atoms with Gasteiger partial charge in [-0.1, -0.05) is 0 Å². The molecule has 1 saturated heterocycles. The summed E-state index contributed by atoms with van der Waals surface area (Å²) in [5.41, 5.74) is 6.96. The Labute approximate surface area is 120 Å². The van der Waals surface area contributed by atoms with Crippen molar-refractivity contribution in [1.29, 1.82) is 0 Å². The number of halogens is 1. The summed E-state index contributed by atoms with van der Waals surface area (Å²) in [6, 6.07) is 5.05. The van der Waals surface area contributed by atoms with E-state index in [2.05, 4.69) is 27.5 Å². The number of nitro benzene ring substituents is 1. The average Bonchev–Trinajstić information content (AvgIpc) is 2.38. The van der Waals surface area contributed by atoms with Crippen molar-refractivity contribution in [1.82, 2.24) is 0 Å². The third-order valence-electron chi connectivity index (χ3n) is 3.34. The van der Waals surface area contributed by atoms with Gasteiger partial charge in [-0.3, -0.25) is 10.1 Å². The SMILES string of the molecule is NCC1CCCN(c2ccc([N+](=O)[O-])cc2I)C1. The predicted octanol–water partition coefficient (Wildman–Crippen LogP) is 2.37. The van der Waals surface area contributed by atoms with Crippen molar-refractivity contribution in [3.8, 4) is 0 Å². The monoisotopic (exact) mass is 361 g/mol. The van der Waals surface area contributed by atoms with Crippen molar-refractivity contribution in [2.24, 2.45) is 11.7 Å². The zero-order valence-corrected chi connectivity index (χ0v) is 12.2.